The van der Waals surface area contributed by atoms with Crippen molar-refractivity contribution in [2.45, 2.75) is 39.7 Å². The molecule has 0 aliphatic heterocycles. The van der Waals surface area contributed by atoms with Crippen LogP contribution in [0.1, 0.15) is 48.2 Å². The van der Waals surface area contributed by atoms with Gasteiger partial charge in [-0.2, -0.15) is 0 Å². The summed E-state index contributed by atoms with van der Waals surface area (Å²) < 4.78 is 4.94. The number of ether oxygens (including phenoxy) is 1. The van der Waals surface area contributed by atoms with Crippen LogP contribution in [-0.4, -0.2) is 28.7 Å². The van der Waals surface area contributed by atoms with Crippen LogP contribution in [0.3, 0.4) is 0 Å². The van der Waals surface area contributed by atoms with Crippen LogP contribution in [0.4, 0.5) is 0 Å². The van der Waals surface area contributed by atoms with E-state index in [0.29, 0.717) is 18.6 Å². The van der Waals surface area contributed by atoms with Crippen molar-refractivity contribution in [1.29, 1.82) is 0 Å². The Morgan fingerprint density at radius 3 is 2.32 bits per heavy atom. The first-order valence-electron chi connectivity index (χ1n) is 9.75. The molecule has 2 rings (SSSR count). The van der Waals surface area contributed by atoms with E-state index in [-0.39, 0.29) is 30.3 Å². The Hall–Kier alpha value is -3.52. The van der Waals surface area contributed by atoms with Gasteiger partial charge in [0.05, 0.1) is 12.2 Å². The molecule has 0 heterocycles. The van der Waals surface area contributed by atoms with Crippen molar-refractivity contribution >= 4 is 23.6 Å². The molecule has 0 bridgehead atoms. The number of carboxylic acids is 1. The van der Waals surface area contributed by atoms with Gasteiger partial charge < -0.3 is 9.84 Å². The average molecular weight is 427 g/mol. The monoisotopic (exact) mass is 427 g/mol. The second-order valence-corrected chi connectivity index (χ2v) is 7.11. The number of nitrogens with one attached hydrogen (secondary N) is 1. The second kappa shape index (κ2) is 11.6. The molecule has 1 atom stereocenters. The van der Waals surface area contributed by atoms with Crippen molar-refractivity contribution in [3.63, 3.8) is 0 Å². The second-order valence-electron chi connectivity index (χ2n) is 7.11. The van der Waals surface area contributed by atoms with Crippen molar-refractivity contribution in [1.82, 2.24) is 5.48 Å². The first-order valence-corrected chi connectivity index (χ1v) is 9.75. The number of amides is 1. The molecule has 0 fully saturated rings. The summed E-state index contributed by atoms with van der Waals surface area (Å²) in [6.45, 7) is 2.90. The van der Waals surface area contributed by atoms with Crippen molar-refractivity contribution in [3.8, 4) is 5.75 Å². The van der Waals surface area contributed by atoms with Gasteiger partial charge in [-0.1, -0.05) is 24.3 Å². The lowest BCUT2D eigenvalue weighted by atomic mass is 9.91. The molecule has 8 heteroatoms. The third kappa shape index (κ3) is 8.39. The van der Waals surface area contributed by atoms with E-state index in [9.17, 15) is 19.2 Å². The molecule has 2 N–H and O–H groups in total. The van der Waals surface area contributed by atoms with E-state index in [2.05, 4.69) is 5.48 Å². The molecule has 8 nitrogen and oxygen atoms in total. The SMILES string of the molecule is CC(=O)Oc1ccc(CONC(=O)CCC(Cc2cccc(C(=O)O)c2)C(C)=O)cc1. The lowest BCUT2D eigenvalue weighted by molar-refractivity contribution is -0.135. The summed E-state index contributed by atoms with van der Waals surface area (Å²) in [4.78, 5) is 51.2. The summed E-state index contributed by atoms with van der Waals surface area (Å²) in [5, 5.41) is 9.09. The Morgan fingerprint density at radius 1 is 1.00 bits per heavy atom. The van der Waals surface area contributed by atoms with Gasteiger partial charge in [-0.3, -0.25) is 19.2 Å². The fourth-order valence-corrected chi connectivity index (χ4v) is 2.94. The fourth-order valence-electron chi connectivity index (χ4n) is 2.94. The van der Waals surface area contributed by atoms with Gasteiger partial charge in [0.25, 0.3) is 0 Å². The van der Waals surface area contributed by atoms with Crippen LogP contribution >= 0.6 is 0 Å². The quantitative estimate of drug-likeness (QED) is 0.321. The van der Waals surface area contributed by atoms with E-state index < -0.39 is 17.9 Å². The Kier molecular flexibility index (Phi) is 8.90. The molecule has 0 aliphatic carbocycles. The lowest BCUT2D eigenvalue weighted by Crippen LogP contribution is -2.25. The number of hydrogen-bond donors (Lipinski definition) is 2. The van der Waals surface area contributed by atoms with Crippen LogP contribution in [0.25, 0.3) is 0 Å². The highest BCUT2D eigenvalue weighted by atomic mass is 16.6. The van der Waals surface area contributed by atoms with Crippen LogP contribution in [0.2, 0.25) is 0 Å². The summed E-state index contributed by atoms with van der Waals surface area (Å²) in [5.74, 6) is -1.84. The van der Waals surface area contributed by atoms with Crippen LogP contribution in [0.5, 0.6) is 5.75 Å². The molecule has 0 aliphatic rings. The Morgan fingerprint density at radius 2 is 1.71 bits per heavy atom. The standard InChI is InChI=1S/C23H25NO7/c1-15(25)19(12-18-4-3-5-20(13-18)23(28)29)8-11-22(27)24-30-14-17-6-9-21(10-7-17)31-16(2)26/h3-7,9-10,13,19H,8,11-12,14H2,1-2H3,(H,24,27)(H,28,29). The van der Waals surface area contributed by atoms with Crippen molar-refractivity contribution in [2.24, 2.45) is 5.92 Å². The van der Waals surface area contributed by atoms with Crippen molar-refractivity contribution in [3.05, 3.63) is 65.2 Å². The van der Waals surface area contributed by atoms with E-state index in [1.807, 2.05) is 0 Å². The first kappa shape index (κ1) is 23.8. The minimum atomic E-state index is -1.03. The molecule has 1 unspecified atom stereocenters. The minimum absolute atomic E-state index is 0.0673. The van der Waals surface area contributed by atoms with Crippen LogP contribution in [0, 0.1) is 5.92 Å². The molecule has 0 saturated carbocycles. The molecule has 0 saturated heterocycles. The summed E-state index contributed by atoms with van der Waals surface area (Å²) in [6, 6.07) is 13.1. The van der Waals surface area contributed by atoms with Gasteiger partial charge in [0, 0.05) is 19.3 Å². The van der Waals surface area contributed by atoms with E-state index in [4.69, 9.17) is 14.7 Å². The van der Waals surface area contributed by atoms with E-state index >= 15 is 0 Å². The number of aromatic carboxylic acids is 1. The van der Waals surface area contributed by atoms with Gasteiger partial charge in [-0.15, -0.1) is 0 Å². The Bertz CT molecular complexity index is 937. The largest absolute Gasteiger partial charge is 0.478 e. The van der Waals surface area contributed by atoms with E-state index in [1.165, 1.54) is 26.0 Å². The fraction of sp³-hybridized carbons (Fsp3) is 0.304. The molecule has 31 heavy (non-hydrogen) atoms. The number of rotatable bonds is 11. The Balaban J connectivity index is 1.78. The normalized spacial score (nSPS) is 11.4. The number of carbonyl (C=O) groups is 4. The maximum atomic E-state index is 12.0. The predicted molar refractivity (Wildman–Crippen MR) is 111 cm³/mol. The maximum Gasteiger partial charge on any atom is 0.335 e. The smallest absolute Gasteiger partial charge is 0.335 e. The van der Waals surface area contributed by atoms with Gasteiger partial charge in [-0.25, -0.2) is 10.3 Å². The van der Waals surface area contributed by atoms with E-state index in [0.717, 1.165) is 11.1 Å². The highest BCUT2D eigenvalue weighted by molar-refractivity contribution is 5.87. The number of Topliss-reactive ketones (excluding diaryl/α,β-unsaturated/α-hetero) is 1. The molecule has 164 valence electrons. The molecular weight excluding hydrogens is 402 g/mol. The van der Waals surface area contributed by atoms with Gasteiger partial charge in [0.15, 0.2) is 0 Å². The van der Waals surface area contributed by atoms with Gasteiger partial charge in [0.1, 0.15) is 11.5 Å². The number of esters is 1. The zero-order valence-corrected chi connectivity index (χ0v) is 17.4. The summed E-state index contributed by atoms with van der Waals surface area (Å²) in [5.41, 5.74) is 4.01. The highest BCUT2D eigenvalue weighted by Gasteiger charge is 2.17. The summed E-state index contributed by atoms with van der Waals surface area (Å²) in [6.07, 6.45) is 0.770. The molecule has 2 aromatic rings. The van der Waals surface area contributed by atoms with Crippen LogP contribution in [-0.2, 0) is 32.2 Å². The van der Waals surface area contributed by atoms with Gasteiger partial charge >= 0.3 is 11.9 Å². The molecule has 1 amide bonds. The van der Waals surface area contributed by atoms with Crippen molar-refractivity contribution in [2.75, 3.05) is 0 Å². The third-order valence-electron chi connectivity index (χ3n) is 4.56. The van der Waals surface area contributed by atoms with Gasteiger partial charge in [0.2, 0.25) is 5.91 Å². The number of ketones is 1. The predicted octanol–water partition coefficient (Wildman–Crippen LogP) is 3.09. The summed E-state index contributed by atoms with van der Waals surface area (Å²) in [7, 11) is 0. The van der Waals surface area contributed by atoms with Gasteiger partial charge in [-0.05, 0) is 55.2 Å². The topological polar surface area (TPSA) is 119 Å². The molecule has 2 aromatic carbocycles. The van der Waals surface area contributed by atoms with E-state index in [1.54, 1.807) is 36.4 Å². The van der Waals surface area contributed by atoms with Crippen LogP contribution < -0.4 is 10.2 Å². The molecule has 0 spiro atoms. The first-order chi connectivity index (χ1) is 14.7. The minimum Gasteiger partial charge on any atom is -0.478 e. The zero-order chi connectivity index (χ0) is 22.8. The van der Waals surface area contributed by atoms with Crippen molar-refractivity contribution < 1.29 is 33.9 Å². The maximum absolute atomic E-state index is 12.0. The number of hydrogen-bond acceptors (Lipinski definition) is 6. The third-order valence-corrected chi connectivity index (χ3v) is 4.56. The number of hydroxylamine groups is 1. The summed E-state index contributed by atoms with van der Waals surface area (Å²) >= 11 is 0. The lowest BCUT2D eigenvalue weighted by Gasteiger charge is -2.14. The highest BCUT2D eigenvalue weighted by Crippen LogP contribution is 2.17. The number of carboxylic acid groups (broad SMARTS) is 1. The average Bonchev–Trinajstić information content (AvgIpc) is 2.72. The molecule has 0 radical (unpaired) electrons. The Labute approximate surface area is 180 Å². The number of benzene rings is 2. The molecular formula is C23H25NO7. The molecule has 0 aromatic heterocycles. The zero-order valence-electron chi connectivity index (χ0n) is 17.4. The van der Waals surface area contributed by atoms with Crippen LogP contribution in [0.15, 0.2) is 48.5 Å². The number of carbonyl (C=O) groups excluding carboxylic acids is 3.